The van der Waals surface area contributed by atoms with Crippen molar-refractivity contribution in [2.24, 2.45) is 0 Å². The van der Waals surface area contributed by atoms with E-state index in [0.29, 0.717) is 32.0 Å². The van der Waals surface area contributed by atoms with Gasteiger partial charge in [-0.2, -0.15) is 0 Å². The fourth-order valence-electron chi connectivity index (χ4n) is 3.13. The maximum absolute atomic E-state index is 12.7. The van der Waals surface area contributed by atoms with Crippen LogP contribution < -0.4 is 4.90 Å². The van der Waals surface area contributed by atoms with E-state index < -0.39 is 4.92 Å². The van der Waals surface area contributed by atoms with Crippen molar-refractivity contribution < 1.29 is 9.72 Å². The molecule has 3 aromatic rings. The molecule has 0 atom stereocenters. The fourth-order valence-corrected chi connectivity index (χ4v) is 3.31. The quantitative estimate of drug-likeness (QED) is 0.476. The first-order valence-electron chi connectivity index (χ1n) is 8.83. The van der Waals surface area contributed by atoms with Gasteiger partial charge in [0, 0.05) is 50.2 Å². The first-order valence-corrected chi connectivity index (χ1v) is 9.21. The van der Waals surface area contributed by atoms with Gasteiger partial charge in [0.05, 0.1) is 4.92 Å². The molecule has 1 aromatic carbocycles. The van der Waals surface area contributed by atoms with Gasteiger partial charge in [0.25, 0.3) is 11.6 Å². The molecular weight excluding hydrogens is 398 g/mol. The number of nitrogens with zero attached hydrogens (tertiary/aromatic N) is 7. The molecular formula is C18H16ClN7O3. The smallest absolute Gasteiger partial charge is 0.288 e. The van der Waals surface area contributed by atoms with E-state index in [1.54, 1.807) is 28.2 Å². The Morgan fingerprint density at radius 3 is 2.41 bits per heavy atom. The van der Waals surface area contributed by atoms with E-state index >= 15 is 0 Å². The maximum atomic E-state index is 12.7. The molecule has 1 aliphatic rings. The van der Waals surface area contributed by atoms with E-state index in [2.05, 4.69) is 15.2 Å². The number of benzene rings is 1. The largest absolute Gasteiger partial charge is 0.352 e. The molecule has 0 unspecified atom stereocenters. The van der Waals surface area contributed by atoms with Crippen molar-refractivity contribution in [3.8, 4) is 5.82 Å². The van der Waals surface area contributed by atoms with Gasteiger partial charge < -0.3 is 9.80 Å². The summed E-state index contributed by atoms with van der Waals surface area (Å²) in [5, 5.41) is 19.5. The normalized spacial score (nSPS) is 14.1. The first kappa shape index (κ1) is 18.8. The number of imidazole rings is 1. The van der Waals surface area contributed by atoms with Gasteiger partial charge in [0.15, 0.2) is 11.6 Å². The molecule has 3 heterocycles. The van der Waals surface area contributed by atoms with Crippen LogP contribution >= 0.6 is 11.6 Å². The van der Waals surface area contributed by atoms with E-state index in [0.717, 1.165) is 5.82 Å². The highest BCUT2D eigenvalue weighted by Gasteiger charge is 2.25. The van der Waals surface area contributed by atoms with E-state index in [1.165, 1.54) is 18.2 Å². The molecule has 0 radical (unpaired) electrons. The fraction of sp³-hybridized carbons (Fsp3) is 0.222. The van der Waals surface area contributed by atoms with Crippen LogP contribution in [0.1, 0.15) is 10.4 Å². The lowest BCUT2D eigenvalue weighted by atomic mass is 10.1. The van der Waals surface area contributed by atoms with Crippen LogP contribution in [-0.2, 0) is 0 Å². The van der Waals surface area contributed by atoms with Gasteiger partial charge in [0.1, 0.15) is 11.3 Å². The zero-order chi connectivity index (χ0) is 20.4. The van der Waals surface area contributed by atoms with E-state index in [9.17, 15) is 14.9 Å². The van der Waals surface area contributed by atoms with Crippen LogP contribution in [-0.4, -0.2) is 61.7 Å². The number of piperazine rings is 1. The van der Waals surface area contributed by atoms with Crippen LogP contribution in [0.15, 0.2) is 49.1 Å². The molecule has 0 N–H and O–H groups in total. The molecule has 0 saturated carbocycles. The number of carbonyl (C=O) groups excluding carboxylic acids is 1. The summed E-state index contributed by atoms with van der Waals surface area (Å²) in [6.45, 7) is 2.11. The number of nitro benzene ring substituents is 1. The summed E-state index contributed by atoms with van der Waals surface area (Å²) in [6.07, 6.45) is 5.10. The predicted molar refractivity (Wildman–Crippen MR) is 105 cm³/mol. The Kier molecular flexibility index (Phi) is 5.09. The molecule has 0 bridgehead atoms. The monoisotopic (exact) mass is 413 g/mol. The van der Waals surface area contributed by atoms with E-state index in [-0.39, 0.29) is 22.2 Å². The predicted octanol–water partition coefficient (Wildman–Crippen LogP) is 2.19. The third-order valence-electron chi connectivity index (χ3n) is 4.69. The van der Waals surface area contributed by atoms with Crippen molar-refractivity contribution in [2.75, 3.05) is 31.1 Å². The van der Waals surface area contributed by atoms with Gasteiger partial charge >= 0.3 is 0 Å². The molecule has 1 fully saturated rings. The van der Waals surface area contributed by atoms with E-state index in [1.807, 2.05) is 17.0 Å². The summed E-state index contributed by atoms with van der Waals surface area (Å²) in [5.41, 5.74) is -0.0246. The number of hydrogen-bond donors (Lipinski definition) is 0. The van der Waals surface area contributed by atoms with Gasteiger partial charge in [0.2, 0.25) is 0 Å². The number of nitro groups is 1. The van der Waals surface area contributed by atoms with Gasteiger partial charge in [-0.1, -0.05) is 11.6 Å². The maximum Gasteiger partial charge on any atom is 0.288 e. The minimum Gasteiger partial charge on any atom is -0.352 e. The average molecular weight is 414 g/mol. The Morgan fingerprint density at radius 2 is 1.79 bits per heavy atom. The van der Waals surface area contributed by atoms with Crippen LogP contribution in [0, 0.1) is 10.1 Å². The summed E-state index contributed by atoms with van der Waals surface area (Å²) in [4.78, 5) is 30.8. The zero-order valence-corrected chi connectivity index (χ0v) is 15.9. The molecule has 29 heavy (non-hydrogen) atoms. The lowest BCUT2D eigenvalue weighted by molar-refractivity contribution is -0.384. The minimum atomic E-state index is -0.594. The number of hydrogen-bond acceptors (Lipinski definition) is 7. The SMILES string of the molecule is O=C(c1ccc(Cl)c([N+](=O)[O-])c1)N1CCN(c2ccc(-n3ccnc3)nn2)CC1. The minimum absolute atomic E-state index is 0.00841. The molecule has 148 valence electrons. The lowest BCUT2D eigenvalue weighted by Crippen LogP contribution is -2.49. The molecule has 1 saturated heterocycles. The second-order valence-electron chi connectivity index (χ2n) is 6.42. The number of halogens is 1. The Morgan fingerprint density at radius 1 is 1.07 bits per heavy atom. The second-order valence-corrected chi connectivity index (χ2v) is 6.83. The third-order valence-corrected chi connectivity index (χ3v) is 5.01. The summed E-state index contributed by atoms with van der Waals surface area (Å²) in [7, 11) is 0. The molecule has 10 nitrogen and oxygen atoms in total. The Hall–Kier alpha value is -3.53. The highest BCUT2D eigenvalue weighted by Crippen LogP contribution is 2.26. The van der Waals surface area contributed by atoms with E-state index in [4.69, 9.17) is 11.6 Å². The van der Waals surface area contributed by atoms with Crippen molar-refractivity contribution in [3.63, 3.8) is 0 Å². The van der Waals surface area contributed by atoms with Gasteiger partial charge in [-0.3, -0.25) is 19.5 Å². The van der Waals surface area contributed by atoms with Crippen molar-refractivity contribution in [1.29, 1.82) is 0 Å². The van der Waals surface area contributed by atoms with Crippen LogP contribution in [0.3, 0.4) is 0 Å². The second kappa shape index (κ2) is 7.84. The molecule has 0 aliphatic carbocycles. The summed E-state index contributed by atoms with van der Waals surface area (Å²) in [5.74, 6) is 1.14. The Balaban J connectivity index is 1.41. The van der Waals surface area contributed by atoms with Crippen LogP contribution in [0.5, 0.6) is 0 Å². The highest BCUT2D eigenvalue weighted by molar-refractivity contribution is 6.32. The van der Waals surface area contributed by atoms with Crippen LogP contribution in [0.25, 0.3) is 5.82 Å². The molecule has 0 spiro atoms. The van der Waals surface area contributed by atoms with Crippen molar-refractivity contribution in [1.82, 2.24) is 24.6 Å². The van der Waals surface area contributed by atoms with Crippen molar-refractivity contribution in [2.45, 2.75) is 0 Å². The van der Waals surface area contributed by atoms with Crippen molar-refractivity contribution in [3.05, 3.63) is 69.8 Å². The topological polar surface area (TPSA) is 110 Å². The first-order chi connectivity index (χ1) is 14.0. The summed E-state index contributed by atoms with van der Waals surface area (Å²) in [6, 6.07) is 7.83. The average Bonchev–Trinajstić information content (AvgIpc) is 3.29. The van der Waals surface area contributed by atoms with Gasteiger partial charge in [-0.15, -0.1) is 10.2 Å². The molecule has 1 aliphatic heterocycles. The Bertz CT molecular complexity index is 1030. The number of carbonyl (C=O) groups is 1. The molecule has 1 amide bonds. The molecule has 2 aromatic heterocycles. The number of amides is 1. The van der Waals surface area contributed by atoms with Gasteiger partial charge in [-0.05, 0) is 24.3 Å². The van der Waals surface area contributed by atoms with Crippen molar-refractivity contribution >= 4 is 29.0 Å². The van der Waals surface area contributed by atoms with Crippen LogP contribution in [0.4, 0.5) is 11.5 Å². The summed E-state index contributed by atoms with van der Waals surface area (Å²) >= 11 is 5.82. The number of rotatable bonds is 4. The highest BCUT2D eigenvalue weighted by atomic mass is 35.5. The van der Waals surface area contributed by atoms with Gasteiger partial charge in [-0.25, -0.2) is 4.98 Å². The zero-order valence-electron chi connectivity index (χ0n) is 15.2. The number of anilines is 1. The molecule has 4 rings (SSSR count). The summed E-state index contributed by atoms with van der Waals surface area (Å²) < 4.78 is 1.76. The lowest BCUT2D eigenvalue weighted by Gasteiger charge is -2.35. The molecule has 11 heteroatoms. The third kappa shape index (κ3) is 3.87. The standard InChI is InChI=1S/C18H16ClN7O3/c19-14-2-1-13(11-15(14)26(28)29)18(27)24-9-7-23(8-10-24)16-3-4-17(22-21-16)25-6-5-20-12-25/h1-6,11-12H,7-10H2. The van der Waals surface area contributed by atoms with Crippen LogP contribution in [0.2, 0.25) is 5.02 Å². The number of aromatic nitrogens is 4. The Labute approximate surface area is 170 Å².